The fraction of sp³-hybridized carbons (Fsp3) is 0.300. The highest BCUT2D eigenvalue weighted by Gasteiger charge is 2.29. The molecule has 0 unspecified atom stereocenters. The van der Waals surface area contributed by atoms with Crippen LogP contribution in [0.5, 0.6) is 0 Å². The number of rotatable bonds is 0. The van der Waals surface area contributed by atoms with E-state index in [2.05, 4.69) is 4.99 Å². The zero-order valence-electron chi connectivity index (χ0n) is 7.74. The number of para-hydroxylation sites is 1. The highest BCUT2D eigenvalue weighted by molar-refractivity contribution is 5.78. The number of hydrogen-bond acceptors (Lipinski definition) is 3. The summed E-state index contributed by atoms with van der Waals surface area (Å²) in [5.41, 5.74) is 7.15. The first-order valence-corrected chi connectivity index (χ1v) is 4.22. The molecule has 0 aliphatic carbocycles. The Morgan fingerprint density at radius 3 is 2.77 bits per heavy atom. The summed E-state index contributed by atoms with van der Waals surface area (Å²) in [5.74, 6) is 0. The topological polar surface area (TPSA) is 47.6 Å². The van der Waals surface area contributed by atoms with Gasteiger partial charge in [0.05, 0.1) is 5.69 Å². The van der Waals surface area contributed by atoms with Crippen molar-refractivity contribution in [2.24, 2.45) is 10.7 Å². The van der Waals surface area contributed by atoms with Crippen LogP contribution < -0.4 is 5.73 Å². The van der Waals surface area contributed by atoms with Crippen LogP contribution in [-0.2, 0) is 10.3 Å². The standard InChI is InChI=1S/C10H12N2O/c1-10(2)7-5-3-4-6-8(7)12-9(11)13-10/h3-6H,1-2H3,(H2,11,12). The lowest BCUT2D eigenvalue weighted by Crippen LogP contribution is -2.32. The van der Waals surface area contributed by atoms with Crippen molar-refractivity contribution in [3.05, 3.63) is 29.8 Å². The highest BCUT2D eigenvalue weighted by Crippen LogP contribution is 2.35. The summed E-state index contributed by atoms with van der Waals surface area (Å²) < 4.78 is 5.43. The molecular formula is C10H12N2O. The van der Waals surface area contributed by atoms with Gasteiger partial charge in [-0.3, -0.25) is 0 Å². The Morgan fingerprint density at radius 2 is 2.00 bits per heavy atom. The molecule has 2 N–H and O–H groups in total. The van der Waals surface area contributed by atoms with E-state index in [9.17, 15) is 0 Å². The van der Waals surface area contributed by atoms with Gasteiger partial charge in [-0.2, -0.15) is 4.99 Å². The maximum atomic E-state index is 5.55. The van der Waals surface area contributed by atoms with Gasteiger partial charge >= 0.3 is 0 Å². The largest absolute Gasteiger partial charge is 0.454 e. The molecular weight excluding hydrogens is 164 g/mol. The van der Waals surface area contributed by atoms with Gasteiger partial charge in [-0.25, -0.2) is 0 Å². The van der Waals surface area contributed by atoms with E-state index in [1.807, 2.05) is 38.1 Å². The third-order valence-electron chi connectivity index (χ3n) is 2.14. The molecule has 68 valence electrons. The molecule has 1 aromatic carbocycles. The van der Waals surface area contributed by atoms with Crippen LogP contribution in [0.2, 0.25) is 0 Å². The van der Waals surface area contributed by atoms with Crippen LogP contribution in [0.3, 0.4) is 0 Å². The van der Waals surface area contributed by atoms with Crippen molar-refractivity contribution < 1.29 is 4.74 Å². The Labute approximate surface area is 77.2 Å². The molecule has 0 atom stereocenters. The number of benzene rings is 1. The van der Waals surface area contributed by atoms with Gasteiger partial charge in [0.15, 0.2) is 0 Å². The lowest BCUT2D eigenvalue weighted by atomic mass is 9.95. The summed E-state index contributed by atoms with van der Waals surface area (Å²) in [6.07, 6.45) is 0. The second kappa shape index (κ2) is 2.49. The Bertz CT molecular complexity index is 369. The fourth-order valence-electron chi connectivity index (χ4n) is 1.54. The van der Waals surface area contributed by atoms with E-state index < -0.39 is 0 Å². The van der Waals surface area contributed by atoms with Gasteiger partial charge in [0, 0.05) is 5.56 Å². The molecule has 1 aromatic rings. The summed E-state index contributed by atoms with van der Waals surface area (Å²) in [6, 6.07) is 8.10. The van der Waals surface area contributed by atoms with Crippen LogP contribution in [0, 0.1) is 0 Å². The number of ether oxygens (including phenoxy) is 1. The molecule has 0 saturated carbocycles. The van der Waals surface area contributed by atoms with Crippen molar-refractivity contribution in [1.29, 1.82) is 0 Å². The Kier molecular flexibility index (Phi) is 1.55. The van der Waals surface area contributed by atoms with Crippen LogP contribution >= 0.6 is 0 Å². The van der Waals surface area contributed by atoms with Gasteiger partial charge in [-0.1, -0.05) is 18.2 Å². The molecule has 1 aliphatic rings. The molecule has 0 spiro atoms. The zero-order valence-corrected chi connectivity index (χ0v) is 7.74. The number of aliphatic imine (C=N–C) groups is 1. The monoisotopic (exact) mass is 176 g/mol. The second-order valence-corrected chi connectivity index (χ2v) is 3.58. The summed E-state index contributed by atoms with van der Waals surface area (Å²) >= 11 is 0. The second-order valence-electron chi connectivity index (χ2n) is 3.58. The van der Waals surface area contributed by atoms with Crippen LogP contribution in [0.15, 0.2) is 29.3 Å². The van der Waals surface area contributed by atoms with Crippen LogP contribution in [0.25, 0.3) is 0 Å². The number of hydrogen-bond donors (Lipinski definition) is 1. The van der Waals surface area contributed by atoms with Crippen molar-refractivity contribution in [3.63, 3.8) is 0 Å². The Balaban J connectivity index is 2.62. The molecule has 0 fully saturated rings. The van der Waals surface area contributed by atoms with Crippen LogP contribution in [-0.4, -0.2) is 6.02 Å². The van der Waals surface area contributed by atoms with Crippen LogP contribution in [0.1, 0.15) is 19.4 Å². The molecule has 2 rings (SSSR count). The summed E-state index contributed by atoms with van der Waals surface area (Å²) in [5, 5.41) is 0. The van der Waals surface area contributed by atoms with E-state index in [1.54, 1.807) is 0 Å². The molecule has 3 nitrogen and oxygen atoms in total. The number of fused-ring (bicyclic) bond motifs is 1. The highest BCUT2D eigenvalue weighted by atomic mass is 16.5. The summed E-state index contributed by atoms with van der Waals surface area (Å²) in [4.78, 5) is 4.11. The van der Waals surface area contributed by atoms with E-state index in [4.69, 9.17) is 10.5 Å². The van der Waals surface area contributed by atoms with Crippen molar-refractivity contribution in [3.8, 4) is 0 Å². The first kappa shape index (κ1) is 8.10. The summed E-state index contributed by atoms with van der Waals surface area (Å²) in [6.45, 7) is 3.96. The SMILES string of the molecule is CC1(C)OC(N)=Nc2ccccc21. The fourth-order valence-corrected chi connectivity index (χ4v) is 1.54. The maximum Gasteiger partial charge on any atom is 0.288 e. The van der Waals surface area contributed by atoms with E-state index in [0.717, 1.165) is 11.3 Å². The average molecular weight is 176 g/mol. The Morgan fingerprint density at radius 1 is 1.31 bits per heavy atom. The molecule has 0 bridgehead atoms. The van der Waals surface area contributed by atoms with Crippen molar-refractivity contribution in [2.45, 2.75) is 19.4 Å². The van der Waals surface area contributed by atoms with Gasteiger partial charge in [0.2, 0.25) is 0 Å². The quantitative estimate of drug-likeness (QED) is 0.656. The van der Waals surface area contributed by atoms with Crippen LogP contribution in [0.4, 0.5) is 5.69 Å². The predicted molar refractivity (Wildman–Crippen MR) is 51.8 cm³/mol. The van der Waals surface area contributed by atoms with Gasteiger partial charge in [-0.05, 0) is 19.9 Å². The average Bonchev–Trinajstić information content (AvgIpc) is 2.02. The molecule has 1 heterocycles. The van der Waals surface area contributed by atoms with Crippen molar-refractivity contribution in [2.75, 3.05) is 0 Å². The normalized spacial score (nSPS) is 18.5. The first-order valence-electron chi connectivity index (χ1n) is 4.22. The lowest BCUT2D eigenvalue weighted by molar-refractivity contribution is 0.0878. The van der Waals surface area contributed by atoms with E-state index in [-0.39, 0.29) is 11.6 Å². The number of amidine groups is 1. The Hall–Kier alpha value is -1.51. The molecule has 0 radical (unpaired) electrons. The number of nitrogens with zero attached hydrogens (tertiary/aromatic N) is 1. The number of nitrogens with two attached hydrogens (primary N) is 1. The lowest BCUT2D eigenvalue weighted by Gasteiger charge is -2.30. The molecule has 0 amide bonds. The minimum atomic E-state index is -0.373. The molecule has 0 saturated heterocycles. The maximum absolute atomic E-state index is 5.55. The summed E-state index contributed by atoms with van der Waals surface area (Å²) in [7, 11) is 0. The minimum absolute atomic E-state index is 0.240. The molecule has 13 heavy (non-hydrogen) atoms. The third-order valence-corrected chi connectivity index (χ3v) is 2.14. The third kappa shape index (κ3) is 1.26. The van der Waals surface area contributed by atoms with E-state index in [1.165, 1.54) is 0 Å². The van der Waals surface area contributed by atoms with Gasteiger partial charge in [0.1, 0.15) is 5.60 Å². The van der Waals surface area contributed by atoms with E-state index in [0.29, 0.717) is 0 Å². The van der Waals surface area contributed by atoms with Gasteiger partial charge < -0.3 is 10.5 Å². The smallest absolute Gasteiger partial charge is 0.288 e. The first-order chi connectivity index (χ1) is 6.09. The molecule has 0 aromatic heterocycles. The van der Waals surface area contributed by atoms with Gasteiger partial charge in [0.25, 0.3) is 6.02 Å². The molecule has 1 aliphatic heterocycles. The minimum Gasteiger partial charge on any atom is -0.454 e. The van der Waals surface area contributed by atoms with Gasteiger partial charge in [-0.15, -0.1) is 0 Å². The predicted octanol–water partition coefficient (Wildman–Crippen LogP) is 1.90. The molecule has 3 heteroatoms. The van der Waals surface area contributed by atoms with Crippen molar-refractivity contribution >= 4 is 11.7 Å². The van der Waals surface area contributed by atoms with Crippen molar-refractivity contribution in [1.82, 2.24) is 0 Å². The zero-order chi connectivity index (χ0) is 9.47. The van der Waals surface area contributed by atoms with E-state index >= 15 is 0 Å².